The highest BCUT2D eigenvalue weighted by Gasteiger charge is 2.58. The molecule has 0 saturated heterocycles. The highest BCUT2D eigenvalue weighted by molar-refractivity contribution is 5.52. The first-order valence-corrected chi connectivity index (χ1v) is 5.59. The number of fused-ring (bicyclic) bond motifs is 1. The van der Waals surface area contributed by atoms with Crippen molar-refractivity contribution in [3.05, 3.63) is 23.3 Å². The molecule has 2 N–H and O–H groups in total. The lowest BCUT2D eigenvalue weighted by atomic mass is 10.1. The molecule has 0 aliphatic carbocycles. The van der Waals surface area contributed by atoms with Crippen molar-refractivity contribution in [1.29, 1.82) is 5.26 Å². The first-order chi connectivity index (χ1) is 9.30. The Kier molecular flexibility index (Phi) is 3.48. The van der Waals surface area contributed by atoms with Gasteiger partial charge in [0.15, 0.2) is 24.7 Å². The van der Waals surface area contributed by atoms with Crippen molar-refractivity contribution in [3.8, 4) is 17.6 Å². The Labute approximate surface area is 111 Å². The number of alkyl halides is 4. The molecule has 1 aliphatic rings. The Morgan fingerprint density at radius 3 is 2.05 bits per heavy atom. The molecule has 20 heavy (non-hydrogen) atoms. The van der Waals surface area contributed by atoms with Gasteiger partial charge in [0.25, 0.3) is 0 Å². The number of benzene rings is 1. The zero-order valence-corrected chi connectivity index (χ0v) is 10.1. The van der Waals surface area contributed by atoms with Gasteiger partial charge in [-0.3, -0.25) is 0 Å². The van der Waals surface area contributed by atoms with E-state index in [0.29, 0.717) is 5.56 Å². The largest absolute Gasteiger partial charge is 0.483 e. The Morgan fingerprint density at radius 1 is 1.10 bits per heavy atom. The normalized spacial score (nSPS) is 19.6. The van der Waals surface area contributed by atoms with E-state index < -0.39 is 25.1 Å². The minimum atomic E-state index is -4.36. The maximum Gasteiger partial charge on any atom is 0.346 e. The van der Waals surface area contributed by atoms with Gasteiger partial charge in [0.1, 0.15) is 0 Å². The van der Waals surface area contributed by atoms with Crippen LogP contribution >= 0.6 is 0 Å². The maximum absolute atomic E-state index is 13.2. The third-order valence-corrected chi connectivity index (χ3v) is 2.86. The molecule has 1 aliphatic heterocycles. The van der Waals surface area contributed by atoms with E-state index in [1.165, 1.54) is 6.07 Å². The summed E-state index contributed by atoms with van der Waals surface area (Å²) in [6.07, 6.45) is 0. The molecular weight excluding hydrogens is 280 g/mol. The topological polar surface area (TPSA) is 68.3 Å². The monoisotopic (exact) mass is 290 g/mol. The molecule has 2 rings (SSSR count). The van der Waals surface area contributed by atoms with Crippen molar-refractivity contribution in [1.82, 2.24) is 0 Å². The van der Waals surface area contributed by atoms with Crippen LogP contribution in [-0.2, 0) is 6.54 Å². The van der Waals surface area contributed by atoms with Crippen LogP contribution in [0.25, 0.3) is 0 Å². The van der Waals surface area contributed by atoms with Crippen molar-refractivity contribution < 1.29 is 27.0 Å². The van der Waals surface area contributed by atoms with Gasteiger partial charge >= 0.3 is 11.8 Å². The van der Waals surface area contributed by atoms with Crippen LogP contribution < -0.4 is 15.2 Å². The number of hydrogen-bond donors (Lipinski definition) is 1. The molecule has 1 aromatic carbocycles. The van der Waals surface area contributed by atoms with Crippen LogP contribution in [0.1, 0.15) is 11.1 Å². The second-order valence-corrected chi connectivity index (χ2v) is 4.26. The van der Waals surface area contributed by atoms with E-state index in [0.717, 1.165) is 6.07 Å². The minimum Gasteiger partial charge on any atom is -0.483 e. The number of rotatable bonds is 1. The average Bonchev–Trinajstić information content (AvgIpc) is 2.41. The molecule has 0 spiro atoms. The SMILES string of the molecule is N#Cc1cc2c(cc1CN)OCC(F)(F)C(F)(F)CO2. The van der Waals surface area contributed by atoms with Crippen LogP contribution in [-0.4, -0.2) is 25.1 Å². The van der Waals surface area contributed by atoms with E-state index in [2.05, 4.69) is 4.74 Å². The van der Waals surface area contributed by atoms with Crippen LogP contribution in [0.4, 0.5) is 17.6 Å². The van der Waals surface area contributed by atoms with Crippen molar-refractivity contribution in [2.24, 2.45) is 5.73 Å². The smallest absolute Gasteiger partial charge is 0.346 e. The van der Waals surface area contributed by atoms with Gasteiger partial charge in [0.2, 0.25) is 0 Å². The summed E-state index contributed by atoms with van der Waals surface area (Å²) in [5.41, 5.74) is 5.88. The standard InChI is InChI=1S/C12H10F4N2O2/c13-11(14)5-19-9-1-7(3-17)8(4-18)2-10(9)20-6-12(11,15)16/h1-2H,3,5-6,17H2. The van der Waals surface area contributed by atoms with E-state index >= 15 is 0 Å². The molecule has 1 aromatic rings. The lowest BCUT2D eigenvalue weighted by Gasteiger charge is -2.29. The van der Waals surface area contributed by atoms with Crippen LogP contribution in [0.5, 0.6) is 11.5 Å². The number of nitrogens with two attached hydrogens (primary N) is 1. The highest BCUT2D eigenvalue weighted by Crippen LogP contribution is 2.40. The molecule has 0 bridgehead atoms. The number of hydrogen-bond acceptors (Lipinski definition) is 4. The second-order valence-electron chi connectivity index (χ2n) is 4.26. The van der Waals surface area contributed by atoms with Gasteiger partial charge in [-0.1, -0.05) is 0 Å². The molecule has 0 atom stereocenters. The molecule has 108 valence electrons. The van der Waals surface area contributed by atoms with E-state index in [1.807, 2.05) is 6.07 Å². The highest BCUT2D eigenvalue weighted by atomic mass is 19.3. The summed E-state index contributed by atoms with van der Waals surface area (Å²) >= 11 is 0. The third-order valence-electron chi connectivity index (χ3n) is 2.86. The molecule has 0 amide bonds. The van der Waals surface area contributed by atoms with Crippen molar-refractivity contribution in [2.45, 2.75) is 18.4 Å². The zero-order chi connectivity index (χ0) is 15.0. The van der Waals surface area contributed by atoms with Crippen molar-refractivity contribution in [2.75, 3.05) is 13.2 Å². The molecular formula is C12H10F4N2O2. The molecule has 0 radical (unpaired) electrons. The lowest BCUT2D eigenvalue weighted by molar-refractivity contribution is -0.236. The van der Waals surface area contributed by atoms with Crippen molar-refractivity contribution in [3.63, 3.8) is 0 Å². The summed E-state index contributed by atoms with van der Waals surface area (Å²) in [6.45, 7) is -3.00. The summed E-state index contributed by atoms with van der Waals surface area (Å²) in [6, 6.07) is 4.21. The summed E-state index contributed by atoms with van der Waals surface area (Å²) in [7, 11) is 0. The van der Waals surface area contributed by atoms with Crippen LogP contribution in [0.15, 0.2) is 12.1 Å². The third kappa shape index (κ3) is 2.36. The Bertz CT molecular complexity index is 569. The number of ether oxygens (including phenoxy) is 2. The summed E-state index contributed by atoms with van der Waals surface area (Å²) in [5.74, 6) is -9.03. The lowest BCUT2D eigenvalue weighted by Crippen LogP contribution is -2.50. The fourth-order valence-corrected chi connectivity index (χ4v) is 1.65. The molecule has 0 fully saturated rings. The molecule has 8 heteroatoms. The number of nitrogens with zero attached hydrogens (tertiary/aromatic N) is 1. The van der Waals surface area contributed by atoms with Crippen LogP contribution in [0, 0.1) is 11.3 Å². The van der Waals surface area contributed by atoms with Gasteiger partial charge in [-0.25, -0.2) is 0 Å². The van der Waals surface area contributed by atoms with Gasteiger partial charge in [-0.15, -0.1) is 0 Å². The summed E-state index contributed by atoms with van der Waals surface area (Å²) in [4.78, 5) is 0. The van der Waals surface area contributed by atoms with Crippen LogP contribution in [0.2, 0.25) is 0 Å². The Balaban J connectivity index is 2.44. The number of halogens is 4. The second kappa shape index (κ2) is 4.83. The van der Waals surface area contributed by atoms with E-state index in [4.69, 9.17) is 15.7 Å². The fourth-order valence-electron chi connectivity index (χ4n) is 1.65. The van der Waals surface area contributed by atoms with Gasteiger partial charge in [-0.2, -0.15) is 22.8 Å². The van der Waals surface area contributed by atoms with Gasteiger partial charge in [0.05, 0.1) is 11.6 Å². The fraction of sp³-hybridized carbons (Fsp3) is 0.417. The van der Waals surface area contributed by atoms with E-state index in [9.17, 15) is 17.6 Å². The Hall–Kier alpha value is -2.01. The molecule has 1 heterocycles. The predicted molar refractivity (Wildman–Crippen MR) is 59.9 cm³/mol. The first-order valence-electron chi connectivity index (χ1n) is 5.59. The van der Waals surface area contributed by atoms with E-state index in [-0.39, 0.29) is 23.6 Å². The Morgan fingerprint density at radius 2 is 1.60 bits per heavy atom. The molecule has 0 saturated carbocycles. The zero-order valence-electron chi connectivity index (χ0n) is 10.1. The van der Waals surface area contributed by atoms with E-state index in [1.54, 1.807) is 0 Å². The quantitative estimate of drug-likeness (QED) is 0.804. The molecule has 4 nitrogen and oxygen atoms in total. The molecule has 0 unspecified atom stereocenters. The van der Waals surface area contributed by atoms with Gasteiger partial charge in [-0.05, 0) is 11.6 Å². The van der Waals surface area contributed by atoms with Gasteiger partial charge < -0.3 is 15.2 Å². The number of nitriles is 1. The summed E-state index contributed by atoms with van der Waals surface area (Å²) < 4.78 is 62.2. The maximum atomic E-state index is 13.2. The summed E-state index contributed by atoms with van der Waals surface area (Å²) in [5, 5.41) is 8.89. The molecule has 0 aromatic heterocycles. The minimum absolute atomic E-state index is 0.0217. The van der Waals surface area contributed by atoms with Gasteiger partial charge in [0, 0.05) is 12.6 Å². The van der Waals surface area contributed by atoms with Crippen LogP contribution in [0.3, 0.4) is 0 Å². The predicted octanol–water partition coefficient (Wildman–Crippen LogP) is 2.06. The van der Waals surface area contributed by atoms with Crippen molar-refractivity contribution >= 4 is 0 Å². The average molecular weight is 290 g/mol. The first kappa shape index (κ1) is 14.4.